The van der Waals surface area contributed by atoms with Crippen molar-refractivity contribution in [3.8, 4) is 0 Å². The summed E-state index contributed by atoms with van der Waals surface area (Å²) in [6.45, 7) is 2.04. The average molecular weight is 329 g/mol. The molecule has 0 aliphatic carbocycles. The molecule has 0 saturated heterocycles. The molecule has 1 aromatic heterocycles. The number of carbonyl (C=O) groups excluding carboxylic acids is 1. The number of halogens is 1. The van der Waals surface area contributed by atoms with E-state index in [9.17, 15) is 4.79 Å². The van der Waals surface area contributed by atoms with Crippen molar-refractivity contribution in [1.29, 1.82) is 0 Å². The lowest BCUT2D eigenvalue weighted by atomic mass is 10.2. The number of anilines is 1. The summed E-state index contributed by atoms with van der Waals surface area (Å²) in [5.74, 6) is -0.142. The molecule has 2 N–H and O–H groups in total. The topological polar surface area (TPSA) is 44.9 Å². The maximum atomic E-state index is 12.2. The lowest BCUT2D eigenvalue weighted by Gasteiger charge is -2.03. The van der Waals surface area contributed by atoms with Crippen LogP contribution in [0, 0.1) is 6.92 Å². The summed E-state index contributed by atoms with van der Waals surface area (Å²) in [7, 11) is 0. The Bertz CT molecular complexity index is 792. The van der Waals surface area contributed by atoms with Crippen molar-refractivity contribution < 1.29 is 4.79 Å². The van der Waals surface area contributed by atoms with E-state index in [1.54, 1.807) is 0 Å². The minimum Gasteiger partial charge on any atom is -0.351 e. The predicted molar refractivity (Wildman–Crippen MR) is 85.1 cm³/mol. The molecule has 3 rings (SSSR count). The second-order valence-corrected chi connectivity index (χ2v) is 5.65. The molecule has 0 aliphatic heterocycles. The highest BCUT2D eigenvalue weighted by Gasteiger charge is 2.10. The van der Waals surface area contributed by atoms with Crippen LogP contribution in [-0.4, -0.2) is 10.9 Å². The summed E-state index contributed by atoms with van der Waals surface area (Å²) in [5.41, 5.74) is 3.47. The van der Waals surface area contributed by atoms with Gasteiger partial charge in [0.25, 0.3) is 5.91 Å². The van der Waals surface area contributed by atoms with Crippen molar-refractivity contribution in [3.05, 3.63) is 64.3 Å². The van der Waals surface area contributed by atoms with Crippen molar-refractivity contribution in [3.63, 3.8) is 0 Å². The van der Waals surface area contributed by atoms with E-state index >= 15 is 0 Å². The number of rotatable bonds is 2. The zero-order valence-corrected chi connectivity index (χ0v) is 12.5. The van der Waals surface area contributed by atoms with Gasteiger partial charge in [0, 0.05) is 21.1 Å². The van der Waals surface area contributed by atoms with E-state index in [1.807, 2.05) is 49.4 Å². The van der Waals surface area contributed by atoms with E-state index in [2.05, 4.69) is 32.3 Å². The Morgan fingerprint density at radius 3 is 2.80 bits per heavy atom. The fraction of sp³-hybridized carbons (Fsp3) is 0.0625. The summed E-state index contributed by atoms with van der Waals surface area (Å²) in [4.78, 5) is 15.4. The fourth-order valence-corrected chi connectivity index (χ4v) is 2.54. The van der Waals surface area contributed by atoms with Gasteiger partial charge in [-0.2, -0.15) is 0 Å². The molecule has 3 nitrogen and oxygen atoms in total. The molecule has 1 amide bonds. The van der Waals surface area contributed by atoms with E-state index < -0.39 is 0 Å². The Morgan fingerprint density at radius 1 is 1.15 bits per heavy atom. The number of benzene rings is 2. The first-order chi connectivity index (χ1) is 9.61. The molecule has 3 aromatic rings. The van der Waals surface area contributed by atoms with E-state index in [4.69, 9.17) is 0 Å². The number of amides is 1. The smallest absolute Gasteiger partial charge is 0.272 e. The third kappa shape index (κ3) is 2.60. The van der Waals surface area contributed by atoms with Gasteiger partial charge in [-0.3, -0.25) is 4.79 Å². The Labute approximate surface area is 125 Å². The van der Waals surface area contributed by atoms with E-state index in [1.165, 1.54) is 5.56 Å². The molecule has 0 atom stereocenters. The standard InChI is InChI=1S/C16H13BrN2O/c1-10-5-6-14-11(7-10)8-15(19-14)16(20)18-13-4-2-3-12(17)9-13/h2-9,19H,1H3,(H,18,20). The molecule has 0 bridgehead atoms. The normalized spacial score (nSPS) is 10.7. The number of nitrogens with one attached hydrogen (secondary N) is 2. The molecule has 2 aromatic carbocycles. The lowest BCUT2D eigenvalue weighted by molar-refractivity contribution is 0.102. The molecular formula is C16H13BrN2O. The van der Waals surface area contributed by atoms with Crippen LogP contribution >= 0.6 is 15.9 Å². The van der Waals surface area contributed by atoms with Crippen LogP contribution < -0.4 is 5.32 Å². The van der Waals surface area contributed by atoms with Gasteiger partial charge in [0.15, 0.2) is 0 Å². The first-order valence-electron chi connectivity index (χ1n) is 6.28. The van der Waals surface area contributed by atoms with Gasteiger partial charge in [0.1, 0.15) is 5.69 Å². The van der Waals surface area contributed by atoms with Gasteiger partial charge in [0.05, 0.1) is 0 Å². The Balaban J connectivity index is 1.88. The van der Waals surface area contributed by atoms with Crippen LogP contribution in [0.25, 0.3) is 10.9 Å². The van der Waals surface area contributed by atoms with Crippen LogP contribution in [-0.2, 0) is 0 Å². The molecule has 0 saturated carbocycles. The maximum absolute atomic E-state index is 12.2. The van der Waals surface area contributed by atoms with Gasteiger partial charge < -0.3 is 10.3 Å². The fourth-order valence-electron chi connectivity index (χ4n) is 2.14. The highest BCUT2D eigenvalue weighted by atomic mass is 79.9. The van der Waals surface area contributed by atoms with Gasteiger partial charge >= 0.3 is 0 Å². The van der Waals surface area contributed by atoms with Crippen molar-refractivity contribution in [1.82, 2.24) is 4.98 Å². The average Bonchev–Trinajstić information content (AvgIpc) is 2.81. The zero-order chi connectivity index (χ0) is 14.1. The molecule has 0 unspecified atom stereocenters. The molecule has 4 heteroatoms. The number of aryl methyl sites for hydroxylation is 1. The highest BCUT2D eigenvalue weighted by molar-refractivity contribution is 9.10. The van der Waals surface area contributed by atoms with Crippen molar-refractivity contribution in [2.75, 3.05) is 5.32 Å². The molecule has 1 heterocycles. The third-order valence-corrected chi connectivity index (χ3v) is 3.60. The SMILES string of the molecule is Cc1ccc2[nH]c(C(=O)Nc3cccc(Br)c3)cc2c1. The maximum Gasteiger partial charge on any atom is 0.272 e. The number of hydrogen-bond donors (Lipinski definition) is 2. The van der Waals surface area contributed by atoms with Crippen LogP contribution in [0.2, 0.25) is 0 Å². The molecular weight excluding hydrogens is 316 g/mol. The summed E-state index contributed by atoms with van der Waals surface area (Å²) in [6.07, 6.45) is 0. The predicted octanol–water partition coefficient (Wildman–Crippen LogP) is 4.49. The number of H-pyrrole nitrogens is 1. The third-order valence-electron chi connectivity index (χ3n) is 3.10. The summed E-state index contributed by atoms with van der Waals surface area (Å²) in [5, 5.41) is 3.92. The zero-order valence-electron chi connectivity index (χ0n) is 10.9. The quantitative estimate of drug-likeness (QED) is 0.715. The first-order valence-corrected chi connectivity index (χ1v) is 7.07. The highest BCUT2D eigenvalue weighted by Crippen LogP contribution is 2.19. The first kappa shape index (κ1) is 12.9. The van der Waals surface area contributed by atoms with Crippen LogP contribution in [0.5, 0.6) is 0 Å². The second-order valence-electron chi connectivity index (χ2n) is 4.74. The van der Waals surface area contributed by atoms with Gasteiger partial charge in [-0.05, 0) is 43.3 Å². The number of aromatic nitrogens is 1. The van der Waals surface area contributed by atoms with Crippen LogP contribution in [0.1, 0.15) is 16.1 Å². The lowest BCUT2D eigenvalue weighted by Crippen LogP contribution is -2.12. The second kappa shape index (κ2) is 5.13. The summed E-state index contributed by atoms with van der Waals surface area (Å²) in [6, 6.07) is 15.5. The molecule has 20 heavy (non-hydrogen) atoms. The van der Waals surface area contributed by atoms with Gasteiger partial charge in [-0.25, -0.2) is 0 Å². The van der Waals surface area contributed by atoms with Gasteiger partial charge in [-0.15, -0.1) is 0 Å². The minimum atomic E-state index is -0.142. The van der Waals surface area contributed by atoms with Crippen LogP contribution in [0.3, 0.4) is 0 Å². The summed E-state index contributed by atoms with van der Waals surface area (Å²) >= 11 is 3.39. The molecule has 0 radical (unpaired) electrons. The van der Waals surface area contributed by atoms with Crippen LogP contribution in [0.15, 0.2) is 53.0 Å². The Morgan fingerprint density at radius 2 is 2.00 bits per heavy atom. The van der Waals surface area contributed by atoms with Crippen molar-refractivity contribution >= 4 is 38.4 Å². The Hall–Kier alpha value is -2.07. The number of carbonyl (C=O) groups is 1. The van der Waals surface area contributed by atoms with E-state index in [0.29, 0.717) is 5.69 Å². The molecule has 100 valence electrons. The molecule has 0 aliphatic rings. The molecule has 0 fully saturated rings. The van der Waals surface area contributed by atoms with Crippen molar-refractivity contribution in [2.45, 2.75) is 6.92 Å². The van der Waals surface area contributed by atoms with Gasteiger partial charge in [-0.1, -0.05) is 33.6 Å². The number of fused-ring (bicyclic) bond motifs is 1. The Kier molecular flexibility index (Phi) is 3.32. The largest absolute Gasteiger partial charge is 0.351 e. The monoisotopic (exact) mass is 328 g/mol. The van der Waals surface area contributed by atoms with Crippen molar-refractivity contribution in [2.24, 2.45) is 0 Å². The minimum absolute atomic E-state index is 0.142. The van der Waals surface area contributed by atoms with Gasteiger partial charge in [0.2, 0.25) is 0 Å². The summed E-state index contributed by atoms with van der Waals surface area (Å²) < 4.78 is 0.933. The number of aromatic amines is 1. The van der Waals surface area contributed by atoms with Crippen LogP contribution in [0.4, 0.5) is 5.69 Å². The molecule has 0 spiro atoms. The van der Waals surface area contributed by atoms with E-state index in [-0.39, 0.29) is 5.91 Å². The van der Waals surface area contributed by atoms with E-state index in [0.717, 1.165) is 21.1 Å². The number of hydrogen-bond acceptors (Lipinski definition) is 1.